The Labute approximate surface area is 197 Å². The van der Waals surface area contributed by atoms with E-state index in [0.29, 0.717) is 23.3 Å². The Bertz CT molecular complexity index is 1210. The van der Waals surface area contributed by atoms with E-state index in [1.807, 2.05) is 35.2 Å². The van der Waals surface area contributed by atoms with Crippen LogP contribution in [0.2, 0.25) is 0 Å². The molecule has 1 aliphatic rings. The number of hydrogen-bond donors (Lipinski definition) is 0. The zero-order chi connectivity index (χ0) is 22.5. The van der Waals surface area contributed by atoms with Crippen LogP contribution >= 0.6 is 11.8 Å². The third kappa shape index (κ3) is 5.43. The number of hydrogen-bond acceptors (Lipinski definition) is 6. The molecule has 1 saturated heterocycles. The summed E-state index contributed by atoms with van der Waals surface area (Å²) >= 11 is 1.31. The second-order valence-corrected chi connectivity index (χ2v) is 9.13. The summed E-state index contributed by atoms with van der Waals surface area (Å²) in [5, 5.41) is 11.2. The second kappa shape index (κ2) is 10.2. The number of amides is 1. The summed E-state index contributed by atoms with van der Waals surface area (Å²) in [6.45, 7) is 4.15. The highest BCUT2D eigenvalue weighted by Crippen LogP contribution is 2.22. The van der Waals surface area contributed by atoms with Crippen molar-refractivity contribution >= 4 is 28.4 Å². The average Bonchev–Trinajstić information content (AvgIpc) is 3.31. The van der Waals surface area contributed by atoms with Crippen LogP contribution in [0, 0.1) is 0 Å². The highest BCUT2D eigenvalue weighted by atomic mass is 32.2. The summed E-state index contributed by atoms with van der Waals surface area (Å²) in [4.78, 5) is 17.1. The molecule has 0 aliphatic carbocycles. The van der Waals surface area contributed by atoms with Crippen LogP contribution in [0.1, 0.15) is 17.0 Å². The molecule has 7 heteroatoms. The maximum absolute atomic E-state index is 12.7. The third-order valence-electron chi connectivity index (χ3n) is 5.96. The molecule has 5 rings (SSSR count). The van der Waals surface area contributed by atoms with Gasteiger partial charge in [-0.05, 0) is 21.9 Å². The molecule has 2 heterocycles. The normalized spacial score (nSPS) is 14.6. The largest absolute Gasteiger partial charge is 0.416 e. The molecule has 1 aliphatic heterocycles. The molecule has 0 spiro atoms. The average molecular weight is 459 g/mol. The van der Waals surface area contributed by atoms with E-state index in [9.17, 15) is 4.79 Å². The Hall–Kier alpha value is -3.16. The van der Waals surface area contributed by atoms with Gasteiger partial charge in [-0.3, -0.25) is 9.69 Å². The first-order chi connectivity index (χ1) is 16.2. The Balaban J connectivity index is 1.09. The minimum absolute atomic E-state index is 0.118. The van der Waals surface area contributed by atoms with Gasteiger partial charge in [-0.15, -0.1) is 10.2 Å². The van der Waals surface area contributed by atoms with E-state index in [1.54, 1.807) is 0 Å². The van der Waals surface area contributed by atoms with Crippen LogP contribution in [0.4, 0.5) is 0 Å². The van der Waals surface area contributed by atoms with Crippen molar-refractivity contribution in [1.82, 2.24) is 20.0 Å². The molecular weight excluding hydrogens is 432 g/mol. The molecule has 0 atom stereocenters. The highest BCUT2D eigenvalue weighted by molar-refractivity contribution is 7.99. The molecule has 0 saturated carbocycles. The van der Waals surface area contributed by atoms with E-state index in [4.69, 9.17) is 4.42 Å². The lowest BCUT2D eigenvalue weighted by molar-refractivity contribution is -0.130. The zero-order valence-corrected chi connectivity index (χ0v) is 19.2. The van der Waals surface area contributed by atoms with Gasteiger partial charge in [0.25, 0.3) is 5.22 Å². The number of fused-ring (bicyclic) bond motifs is 1. The lowest BCUT2D eigenvalue weighted by Crippen LogP contribution is -2.48. The standard InChI is InChI=1S/C26H26N4O2S/c31-25(19-33-26-28-27-24(32-26)17-20-7-2-1-3-8-20)30-15-13-29(14-16-30)18-22-11-6-10-21-9-4-5-12-23(21)22/h1-12H,13-19H2. The van der Waals surface area contributed by atoms with Gasteiger partial charge in [0.2, 0.25) is 11.8 Å². The monoisotopic (exact) mass is 458 g/mol. The topological polar surface area (TPSA) is 62.5 Å². The first kappa shape index (κ1) is 21.7. The van der Waals surface area contributed by atoms with Gasteiger partial charge in [0.15, 0.2) is 0 Å². The predicted octanol–water partition coefficient (Wildman–Crippen LogP) is 4.25. The van der Waals surface area contributed by atoms with Crippen molar-refractivity contribution in [3.05, 3.63) is 89.8 Å². The predicted molar refractivity (Wildman–Crippen MR) is 130 cm³/mol. The van der Waals surface area contributed by atoms with Gasteiger partial charge in [0, 0.05) is 32.7 Å². The van der Waals surface area contributed by atoms with Crippen LogP contribution in [0.5, 0.6) is 0 Å². The molecule has 0 unspecified atom stereocenters. The van der Waals surface area contributed by atoms with E-state index < -0.39 is 0 Å². The van der Waals surface area contributed by atoms with Crippen molar-refractivity contribution in [2.24, 2.45) is 0 Å². The molecule has 1 aromatic heterocycles. The van der Waals surface area contributed by atoms with Crippen molar-refractivity contribution in [2.75, 3.05) is 31.9 Å². The smallest absolute Gasteiger partial charge is 0.277 e. The maximum atomic E-state index is 12.7. The fraction of sp³-hybridized carbons (Fsp3) is 0.269. The van der Waals surface area contributed by atoms with Gasteiger partial charge in [0.05, 0.1) is 12.2 Å². The van der Waals surface area contributed by atoms with Crippen LogP contribution in [0.15, 0.2) is 82.4 Å². The second-order valence-electron chi connectivity index (χ2n) is 8.21. The maximum Gasteiger partial charge on any atom is 0.277 e. The van der Waals surface area contributed by atoms with Crippen LogP contribution in [0.3, 0.4) is 0 Å². The van der Waals surface area contributed by atoms with Crippen LogP contribution < -0.4 is 0 Å². The van der Waals surface area contributed by atoms with Crippen molar-refractivity contribution in [3.8, 4) is 0 Å². The van der Waals surface area contributed by atoms with E-state index in [-0.39, 0.29) is 5.91 Å². The SMILES string of the molecule is O=C(CSc1nnc(Cc2ccccc2)o1)N1CCN(Cc2cccc3ccccc23)CC1. The summed E-state index contributed by atoms with van der Waals surface area (Å²) in [5.74, 6) is 1.00. The number of piperazine rings is 1. The summed E-state index contributed by atoms with van der Waals surface area (Å²) in [6, 6.07) is 25.0. The first-order valence-electron chi connectivity index (χ1n) is 11.2. The Morgan fingerprint density at radius 1 is 0.879 bits per heavy atom. The van der Waals surface area contributed by atoms with Gasteiger partial charge < -0.3 is 9.32 Å². The molecule has 3 aromatic carbocycles. The molecule has 6 nitrogen and oxygen atoms in total. The number of carbonyl (C=O) groups excluding carboxylic acids is 1. The van der Waals surface area contributed by atoms with E-state index in [0.717, 1.165) is 38.3 Å². The molecule has 1 amide bonds. The highest BCUT2D eigenvalue weighted by Gasteiger charge is 2.22. The van der Waals surface area contributed by atoms with Crippen molar-refractivity contribution in [3.63, 3.8) is 0 Å². The van der Waals surface area contributed by atoms with Crippen LogP contribution in [-0.2, 0) is 17.8 Å². The molecule has 33 heavy (non-hydrogen) atoms. The minimum Gasteiger partial charge on any atom is -0.416 e. The minimum atomic E-state index is 0.118. The number of benzene rings is 3. The van der Waals surface area contributed by atoms with Crippen LogP contribution in [0.25, 0.3) is 10.8 Å². The quantitative estimate of drug-likeness (QED) is 0.386. The zero-order valence-electron chi connectivity index (χ0n) is 18.4. The molecule has 168 valence electrons. The van der Waals surface area contributed by atoms with Gasteiger partial charge >= 0.3 is 0 Å². The lowest BCUT2D eigenvalue weighted by atomic mass is 10.0. The molecular formula is C26H26N4O2S. The van der Waals surface area contributed by atoms with Gasteiger partial charge in [-0.2, -0.15) is 0 Å². The van der Waals surface area contributed by atoms with Crippen LogP contribution in [-0.4, -0.2) is 57.8 Å². The Morgan fingerprint density at radius 3 is 2.48 bits per heavy atom. The Kier molecular flexibility index (Phi) is 6.69. The fourth-order valence-electron chi connectivity index (χ4n) is 4.18. The third-order valence-corrected chi connectivity index (χ3v) is 6.77. The number of carbonyl (C=O) groups is 1. The van der Waals surface area contributed by atoms with Crippen molar-refractivity contribution in [1.29, 1.82) is 0 Å². The van der Waals surface area contributed by atoms with Crippen molar-refractivity contribution < 1.29 is 9.21 Å². The number of aromatic nitrogens is 2. The summed E-state index contributed by atoms with van der Waals surface area (Å²) in [7, 11) is 0. The van der Waals surface area contributed by atoms with Gasteiger partial charge in [0.1, 0.15) is 0 Å². The van der Waals surface area contributed by atoms with Crippen molar-refractivity contribution in [2.45, 2.75) is 18.2 Å². The molecule has 0 bridgehead atoms. The Morgan fingerprint density at radius 2 is 1.64 bits per heavy atom. The molecule has 0 N–H and O–H groups in total. The molecule has 4 aromatic rings. The van der Waals surface area contributed by atoms with E-state index >= 15 is 0 Å². The first-order valence-corrected chi connectivity index (χ1v) is 12.2. The fourth-order valence-corrected chi connectivity index (χ4v) is 4.86. The summed E-state index contributed by atoms with van der Waals surface area (Å²) < 4.78 is 5.71. The van der Waals surface area contributed by atoms with Gasteiger partial charge in [-0.25, -0.2) is 0 Å². The summed E-state index contributed by atoms with van der Waals surface area (Å²) in [5.41, 5.74) is 2.46. The number of rotatable bonds is 7. The van der Waals surface area contributed by atoms with E-state index in [2.05, 4.69) is 57.6 Å². The van der Waals surface area contributed by atoms with Gasteiger partial charge in [-0.1, -0.05) is 84.6 Å². The molecule has 0 radical (unpaired) electrons. The number of nitrogens with zero attached hydrogens (tertiary/aromatic N) is 4. The lowest BCUT2D eigenvalue weighted by Gasteiger charge is -2.34. The summed E-state index contributed by atoms with van der Waals surface area (Å²) in [6.07, 6.45) is 0.598. The van der Waals surface area contributed by atoms with E-state index in [1.165, 1.54) is 28.1 Å². The number of thioether (sulfide) groups is 1. The molecule has 1 fully saturated rings.